The number of alkyl halides is 1. The molecule has 0 spiro atoms. The molecule has 1 saturated heterocycles. The molecule has 1 aliphatic carbocycles. The highest BCUT2D eigenvalue weighted by molar-refractivity contribution is 6.32. The molecular weight excluding hydrogens is 402 g/mol. The van der Waals surface area contributed by atoms with Crippen molar-refractivity contribution in [3.05, 3.63) is 40.3 Å². The molecule has 9 heteroatoms. The molecule has 3 heterocycles. The van der Waals surface area contributed by atoms with Crippen molar-refractivity contribution in [2.45, 2.75) is 37.4 Å². The Morgan fingerprint density at radius 2 is 2.04 bits per heavy atom. The number of rotatable bonds is 4. The van der Waals surface area contributed by atoms with Crippen molar-refractivity contribution < 1.29 is 4.39 Å². The average Bonchev–Trinajstić information content (AvgIpc) is 3.47. The van der Waals surface area contributed by atoms with Gasteiger partial charge in [-0.3, -0.25) is 0 Å². The second kappa shape index (κ2) is 7.13. The van der Waals surface area contributed by atoms with Gasteiger partial charge in [0.1, 0.15) is 6.17 Å². The highest BCUT2D eigenvalue weighted by atomic mass is 35.5. The lowest BCUT2D eigenvalue weighted by molar-refractivity contribution is 0.231. The highest BCUT2D eigenvalue weighted by Crippen LogP contribution is 2.39. The van der Waals surface area contributed by atoms with Crippen LogP contribution in [0.2, 0.25) is 10.2 Å². The molecule has 3 aromatic rings. The Labute approximate surface area is 171 Å². The summed E-state index contributed by atoms with van der Waals surface area (Å²) >= 11 is 12.9. The molecule has 2 aliphatic rings. The summed E-state index contributed by atoms with van der Waals surface area (Å²) in [4.78, 5) is 8.94. The van der Waals surface area contributed by atoms with E-state index >= 15 is 0 Å². The Bertz CT molecular complexity index is 1030. The number of hydrogen-bond donors (Lipinski definition) is 2. The monoisotopic (exact) mass is 420 g/mol. The molecular formula is C19H19Cl2FN6. The zero-order valence-corrected chi connectivity index (χ0v) is 16.5. The van der Waals surface area contributed by atoms with E-state index in [1.807, 2.05) is 16.8 Å². The highest BCUT2D eigenvalue weighted by Gasteiger charge is 2.29. The van der Waals surface area contributed by atoms with E-state index in [0.717, 1.165) is 30.3 Å². The molecule has 28 heavy (non-hydrogen) atoms. The van der Waals surface area contributed by atoms with Crippen LogP contribution in [-0.2, 0) is 0 Å². The second-order valence-corrected chi connectivity index (χ2v) is 8.16. The van der Waals surface area contributed by atoms with Crippen molar-refractivity contribution in [1.29, 1.82) is 0 Å². The molecule has 5 rings (SSSR count). The van der Waals surface area contributed by atoms with Crippen LogP contribution in [0, 0.1) is 0 Å². The van der Waals surface area contributed by atoms with E-state index in [2.05, 4.69) is 25.7 Å². The minimum absolute atomic E-state index is 0.226. The van der Waals surface area contributed by atoms with E-state index in [9.17, 15) is 4.39 Å². The first-order chi connectivity index (χ1) is 13.6. The van der Waals surface area contributed by atoms with Crippen LogP contribution in [0.3, 0.4) is 0 Å². The minimum Gasteiger partial charge on any atom is -0.320 e. The van der Waals surface area contributed by atoms with Gasteiger partial charge >= 0.3 is 0 Å². The van der Waals surface area contributed by atoms with Crippen LogP contribution in [0.1, 0.15) is 36.8 Å². The molecule has 2 atom stereocenters. The SMILES string of the molecule is F[C@H]1CNCCC1c1cc2nc(Nc3cnn(C4CC4)c3Cl)ncc2cc1Cl. The van der Waals surface area contributed by atoms with Gasteiger partial charge in [-0.15, -0.1) is 0 Å². The summed E-state index contributed by atoms with van der Waals surface area (Å²) in [6.07, 6.45) is 5.33. The van der Waals surface area contributed by atoms with E-state index in [1.54, 1.807) is 12.4 Å². The van der Waals surface area contributed by atoms with Crippen LogP contribution in [0.5, 0.6) is 0 Å². The zero-order valence-electron chi connectivity index (χ0n) is 15.0. The van der Waals surface area contributed by atoms with E-state index in [0.29, 0.717) is 46.3 Å². The summed E-state index contributed by atoms with van der Waals surface area (Å²) < 4.78 is 16.2. The number of piperidine rings is 1. The molecule has 0 radical (unpaired) electrons. The van der Waals surface area contributed by atoms with Crippen molar-refractivity contribution >= 4 is 45.7 Å². The van der Waals surface area contributed by atoms with E-state index in [1.165, 1.54) is 0 Å². The lowest BCUT2D eigenvalue weighted by Gasteiger charge is -2.27. The fourth-order valence-electron chi connectivity index (χ4n) is 3.71. The maximum absolute atomic E-state index is 14.4. The van der Waals surface area contributed by atoms with Crippen LogP contribution in [-0.4, -0.2) is 39.0 Å². The molecule has 1 aliphatic heterocycles. The molecule has 2 aromatic heterocycles. The lowest BCUT2D eigenvalue weighted by Crippen LogP contribution is -2.36. The number of anilines is 2. The Balaban J connectivity index is 1.47. The second-order valence-electron chi connectivity index (χ2n) is 7.39. The van der Waals surface area contributed by atoms with Crippen LogP contribution in [0.4, 0.5) is 16.0 Å². The molecule has 6 nitrogen and oxygen atoms in total. The van der Waals surface area contributed by atoms with Crippen LogP contribution < -0.4 is 10.6 Å². The summed E-state index contributed by atoms with van der Waals surface area (Å²) in [5, 5.41) is 12.5. The Kier molecular flexibility index (Phi) is 4.61. The van der Waals surface area contributed by atoms with Crippen LogP contribution in [0.15, 0.2) is 24.5 Å². The predicted molar refractivity (Wildman–Crippen MR) is 108 cm³/mol. The van der Waals surface area contributed by atoms with Crippen LogP contribution >= 0.6 is 23.2 Å². The van der Waals surface area contributed by atoms with Gasteiger partial charge in [0.05, 0.1) is 23.4 Å². The van der Waals surface area contributed by atoms with E-state index in [4.69, 9.17) is 23.2 Å². The number of halogens is 3. The van der Waals surface area contributed by atoms with Gasteiger partial charge in [0.25, 0.3) is 0 Å². The molecule has 1 aromatic carbocycles. The van der Waals surface area contributed by atoms with Crippen molar-refractivity contribution in [2.75, 3.05) is 18.4 Å². The normalized spacial score (nSPS) is 22.5. The third-order valence-corrected chi connectivity index (χ3v) is 6.08. The molecule has 2 N–H and O–H groups in total. The minimum atomic E-state index is -0.963. The quantitative estimate of drug-likeness (QED) is 0.643. The van der Waals surface area contributed by atoms with Crippen molar-refractivity contribution in [3.63, 3.8) is 0 Å². The summed E-state index contributed by atoms with van der Waals surface area (Å²) in [5.41, 5.74) is 2.19. The third-order valence-electron chi connectivity index (χ3n) is 5.38. The first-order valence-electron chi connectivity index (χ1n) is 9.41. The van der Waals surface area contributed by atoms with Gasteiger partial charge in [0.2, 0.25) is 5.95 Å². The maximum Gasteiger partial charge on any atom is 0.227 e. The number of hydrogen-bond acceptors (Lipinski definition) is 5. The third kappa shape index (κ3) is 3.32. The Morgan fingerprint density at radius 1 is 1.18 bits per heavy atom. The molecule has 2 fully saturated rings. The lowest BCUT2D eigenvalue weighted by atomic mass is 9.88. The summed E-state index contributed by atoms with van der Waals surface area (Å²) in [6.45, 7) is 1.12. The zero-order chi connectivity index (χ0) is 19.3. The van der Waals surface area contributed by atoms with Gasteiger partial charge < -0.3 is 10.6 Å². The predicted octanol–water partition coefficient (Wildman–Crippen LogP) is 4.63. The molecule has 1 saturated carbocycles. The van der Waals surface area contributed by atoms with Crippen molar-refractivity contribution in [1.82, 2.24) is 25.1 Å². The first-order valence-corrected chi connectivity index (χ1v) is 10.2. The topological polar surface area (TPSA) is 67.7 Å². The number of benzene rings is 1. The van der Waals surface area contributed by atoms with Gasteiger partial charge in [-0.25, -0.2) is 19.0 Å². The fourth-order valence-corrected chi connectivity index (χ4v) is 4.30. The standard InChI is InChI=1S/C19H19Cl2FN6/c20-14-5-10-7-24-19(27-17-9-25-28(18(17)21)11-1-2-11)26-16(10)6-13(14)12-3-4-23-8-15(12)22/h5-7,9,11-12,15,23H,1-4,8H2,(H,24,26,27)/t12?,15-/m0/s1. The summed E-state index contributed by atoms with van der Waals surface area (Å²) in [6, 6.07) is 4.08. The molecule has 1 unspecified atom stereocenters. The summed E-state index contributed by atoms with van der Waals surface area (Å²) in [7, 11) is 0. The Hall–Kier alpha value is -1.96. The van der Waals surface area contributed by atoms with Crippen molar-refractivity contribution in [3.8, 4) is 0 Å². The largest absolute Gasteiger partial charge is 0.320 e. The number of nitrogens with one attached hydrogen (secondary N) is 2. The van der Waals surface area contributed by atoms with Crippen LogP contribution in [0.25, 0.3) is 10.9 Å². The maximum atomic E-state index is 14.4. The average molecular weight is 421 g/mol. The molecule has 0 amide bonds. The van der Waals surface area contributed by atoms with E-state index < -0.39 is 6.17 Å². The first kappa shape index (κ1) is 18.1. The van der Waals surface area contributed by atoms with E-state index in [-0.39, 0.29) is 5.92 Å². The van der Waals surface area contributed by atoms with Gasteiger partial charge in [0, 0.05) is 29.1 Å². The van der Waals surface area contributed by atoms with Gasteiger partial charge in [-0.2, -0.15) is 5.10 Å². The number of nitrogens with zero attached hydrogens (tertiary/aromatic N) is 4. The molecule has 0 bridgehead atoms. The van der Waals surface area contributed by atoms with Gasteiger partial charge in [-0.05, 0) is 43.5 Å². The number of aromatic nitrogens is 4. The van der Waals surface area contributed by atoms with Gasteiger partial charge in [0.15, 0.2) is 5.15 Å². The van der Waals surface area contributed by atoms with Gasteiger partial charge in [-0.1, -0.05) is 23.2 Å². The fraction of sp³-hybridized carbons (Fsp3) is 0.421. The number of fused-ring (bicyclic) bond motifs is 1. The summed E-state index contributed by atoms with van der Waals surface area (Å²) in [5.74, 6) is 0.191. The smallest absolute Gasteiger partial charge is 0.227 e. The molecule has 146 valence electrons. The Morgan fingerprint density at radius 3 is 2.82 bits per heavy atom. The van der Waals surface area contributed by atoms with Crippen molar-refractivity contribution in [2.24, 2.45) is 0 Å².